The van der Waals surface area contributed by atoms with E-state index in [0.29, 0.717) is 12.1 Å². The number of furan rings is 1. The van der Waals surface area contributed by atoms with Gasteiger partial charge in [0, 0.05) is 37.8 Å². The second-order valence-corrected chi connectivity index (χ2v) is 5.01. The number of rotatable bonds is 6. The van der Waals surface area contributed by atoms with Crippen molar-refractivity contribution in [2.24, 2.45) is 0 Å². The minimum atomic E-state index is 0.363. The number of nitrogens with one attached hydrogen (secondary N) is 1. The molecule has 0 amide bonds. The molecule has 2 unspecified atom stereocenters. The Morgan fingerprint density at radius 1 is 1.50 bits per heavy atom. The van der Waals surface area contributed by atoms with Gasteiger partial charge in [-0.05, 0) is 19.4 Å². The number of morpholine rings is 1. The molecule has 1 N–H and O–H groups in total. The van der Waals surface area contributed by atoms with Gasteiger partial charge in [-0.3, -0.25) is 4.90 Å². The van der Waals surface area contributed by atoms with Crippen molar-refractivity contribution in [1.82, 2.24) is 10.2 Å². The first-order valence-corrected chi connectivity index (χ1v) is 6.87. The highest BCUT2D eigenvalue weighted by atomic mass is 16.5. The van der Waals surface area contributed by atoms with E-state index in [2.05, 4.69) is 24.1 Å². The molecule has 1 fully saturated rings. The molecular weight excluding hydrogens is 228 g/mol. The largest absolute Gasteiger partial charge is 0.472 e. The van der Waals surface area contributed by atoms with Crippen LogP contribution in [0.2, 0.25) is 0 Å². The molecule has 0 bridgehead atoms. The SMILES string of the molecule is CCC1COC(C)CN1CCNCc1ccoc1. The zero-order valence-corrected chi connectivity index (χ0v) is 11.4. The van der Waals surface area contributed by atoms with Crippen molar-refractivity contribution in [2.45, 2.75) is 39.0 Å². The monoisotopic (exact) mass is 252 g/mol. The van der Waals surface area contributed by atoms with Gasteiger partial charge in [-0.2, -0.15) is 0 Å². The average molecular weight is 252 g/mol. The van der Waals surface area contributed by atoms with Gasteiger partial charge in [0.2, 0.25) is 0 Å². The van der Waals surface area contributed by atoms with Crippen molar-refractivity contribution in [3.05, 3.63) is 24.2 Å². The third-order valence-corrected chi connectivity index (χ3v) is 3.54. The van der Waals surface area contributed by atoms with Crippen LogP contribution in [0.15, 0.2) is 23.0 Å². The first-order valence-electron chi connectivity index (χ1n) is 6.87. The van der Waals surface area contributed by atoms with E-state index in [1.165, 1.54) is 5.56 Å². The summed E-state index contributed by atoms with van der Waals surface area (Å²) in [6.07, 6.45) is 5.03. The van der Waals surface area contributed by atoms with Crippen molar-refractivity contribution >= 4 is 0 Å². The Bertz CT molecular complexity index is 327. The van der Waals surface area contributed by atoms with Crippen LogP contribution in [-0.4, -0.2) is 43.3 Å². The number of nitrogens with zero attached hydrogens (tertiary/aromatic N) is 1. The standard InChI is InChI=1S/C14H24N2O2/c1-3-14-11-18-12(2)9-16(14)6-5-15-8-13-4-7-17-10-13/h4,7,10,12,14-15H,3,5-6,8-9,11H2,1-2H3. The molecule has 2 heterocycles. The lowest BCUT2D eigenvalue weighted by Gasteiger charge is -2.38. The highest BCUT2D eigenvalue weighted by Crippen LogP contribution is 2.13. The number of hydrogen-bond donors (Lipinski definition) is 1. The maximum Gasteiger partial charge on any atom is 0.0947 e. The average Bonchev–Trinajstić information content (AvgIpc) is 2.88. The lowest BCUT2D eigenvalue weighted by molar-refractivity contribution is -0.0551. The fraction of sp³-hybridized carbons (Fsp3) is 0.714. The zero-order chi connectivity index (χ0) is 12.8. The van der Waals surface area contributed by atoms with E-state index in [1.54, 1.807) is 12.5 Å². The number of ether oxygens (including phenoxy) is 1. The van der Waals surface area contributed by atoms with E-state index in [0.717, 1.165) is 39.2 Å². The predicted octanol–water partition coefficient (Wildman–Crippen LogP) is 1.87. The molecular formula is C14H24N2O2. The molecule has 1 saturated heterocycles. The van der Waals surface area contributed by atoms with E-state index in [4.69, 9.17) is 9.15 Å². The minimum absolute atomic E-state index is 0.363. The first kappa shape index (κ1) is 13.6. The van der Waals surface area contributed by atoms with Crippen LogP contribution in [0, 0.1) is 0 Å². The maximum atomic E-state index is 5.70. The Hall–Kier alpha value is -0.840. The van der Waals surface area contributed by atoms with Crippen LogP contribution in [0.1, 0.15) is 25.8 Å². The quantitative estimate of drug-likeness (QED) is 0.784. The Morgan fingerprint density at radius 3 is 3.11 bits per heavy atom. The molecule has 0 aliphatic carbocycles. The van der Waals surface area contributed by atoms with E-state index in [9.17, 15) is 0 Å². The van der Waals surface area contributed by atoms with E-state index >= 15 is 0 Å². The van der Waals surface area contributed by atoms with Gasteiger partial charge in [-0.25, -0.2) is 0 Å². The van der Waals surface area contributed by atoms with Crippen LogP contribution in [0.3, 0.4) is 0 Å². The fourth-order valence-electron chi connectivity index (χ4n) is 2.41. The van der Waals surface area contributed by atoms with Gasteiger partial charge in [-0.15, -0.1) is 0 Å². The van der Waals surface area contributed by atoms with Crippen LogP contribution in [0.4, 0.5) is 0 Å². The van der Waals surface area contributed by atoms with E-state index in [1.807, 2.05) is 6.07 Å². The molecule has 0 spiro atoms. The summed E-state index contributed by atoms with van der Waals surface area (Å²) < 4.78 is 10.7. The molecule has 4 heteroatoms. The molecule has 0 aromatic carbocycles. The minimum Gasteiger partial charge on any atom is -0.472 e. The van der Waals surface area contributed by atoms with Crippen LogP contribution in [-0.2, 0) is 11.3 Å². The van der Waals surface area contributed by atoms with E-state index < -0.39 is 0 Å². The molecule has 1 aliphatic heterocycles. The van der Waals surface area contributed by atoms with Gasteiger partial charge in [0.1, 0.15) is 0 Å². The molecule has 0 radical (unpaired) electrons. The highest BCUT2D eigenvalue weighted by molar-refractivity contribution is 5.04. The Kier molecular flexibility index (Phi) is 5.23. The van der Waals surface area contributed by atoms with Crippen LogP contribution in [0.5, 0.6) is 0 Å². The molecule has 2 rings (SSSR count). The summed E-state index contributed by atoms with van der Waals surface area (Å²) in [7, 11) is 0. The summed E-state index contributed by atoms with van der Waals surface area (Å²) in [4.78, 5) is 2.54. The third-order valence-electron chi connectivity index (χ3n) is 3.54. The van der Waals surface area contributed by atoms with Crippen molar-refractivity contribution in [3.8, 4) is 0 Å². The Morgan fingerprint density at radius 2 is 2.39 bits per heavy atom. The summed E-state index contributed by atoms with van der Waals surface area (Å²) in [5.74, 6) is 0. The summed E-state index contributed by atoms with van der Waals surface area (Å²) in [6, 6.07) is 2.58. The Balaban J connectivity index is 1.67. The summed E-state index contributed by atoms with van der Waals surface area (Å²) in [5.41, 5.74) is 1.21. The van der Waals surface area contributed by atoms with Crippen LogP contribution >= 0.6 is 0 Å². The lowest BCUT2D eigenvalue weighted by Crippen LogP contribution is -2.50. The highest BCUT2D eigenvalue weighted by Gasteiger charge is 2.24. The molecule has 1 aromatic heterocycles. The summed E-state index contributed by atoms with van der Waals surface area (Å²) in [6.45, 7) is 9.28. The van der Waals surface area contributed by atoms with Gasteiger partial charge in [0.15, 0.2) is 0 Å². The third kappa shape index (κ3) is 3.83. The van der Waals surface area contributed by atoms with Crippen molar-refractivity contribution < 1.29 is 9.15 Å². The molecule has 2 atom stereocenters. The van der Waals surface area contributed by atoms with Gasteiger partial charge in [0.25, 0.3) is 0 Å². The van der Waals surface area contributed by atoms with Crippen molar-refractivity contribution in [2.75, 3.05) is 26.2 Å². The topological polar surface area (TPSA) is 37.6 Å². The fourth-order valence-corrected chi connectivity index (χ4v) is 2.41. The molecule has 18 heavy (non-hydrogen) atoms. The van der Waals surface area contributed by atoms with Crippen molar-refractivity contribution in [1.29, 1.82) is 0 Å². The maximum absolute atomic E-state index is 5.70. The molecule has 1 aromatic rings. The predicted molar refractivity (Wildman–Crippen MR) is 71.5 cm³/mol. The zero-order valence-electron chi connectivity index (χ0n) is 11.4. The summed E-state index contributed by atoms with van der Waals surface area (Å²) >= 11 is 0. The van der Waals surface area contributed by atoms with Crippen LogP contribution < -0.4 is 5.32 Å². The molecule has 102 valence electrons. The second-order valence-electron chi connectivity index (χ2n) is 5.01. The van der Waals surface area contributed by atoms with Gasteiger partial charge >= 0.3 is 0 Å². The van der Waals surface area contributed by atoms with Gasteiger partial charge in [0.05, 0.1) is 25.2 Å². The smallest absolute Gasteiger partial charge is 0.0947 e. The number of hydrogen-bond acceptors (Lipinski definition) is 4. The van der Waals surface area contributed by atoms with Crippen molar-refractivity contribution in [3.63, 3.8) is 0 Å². The lowest BCUT2D eigenvalue weighted by atomic mass is 10.1. The van der Waals surface area contributed by atoms with E-state index in [-0.39, 0.29) is 0 Å². The molecule has 1 aliphatic rings. The molecule has 4 nitrogen and oxygen atoms in total. The first-order chi connectivity index (χ1) is 8.79. The second kappa shape index (κ2) is 6.92. The van der Waals surface area contributed by atoms with Crippen LogP contribution in [0.25, 0.3) is 0 Å². The van der Waals surface area contributed by atoms with Gasteiger partial charge < -0.3 is 14.5 Å². The summed E-state index contributed by atoms with van der Waals surface area (Å²) in [5, 5.41) is 3.45. The van der Waals surface area contributed by atoms with Gasteiger partial charge in [-0.1, -0.05) is 6.92 Å². The Labute approximate surface area is 109 Å². The molecule has 0 saturated carbocycles. The normalized spacial score (nSPS) is 25.4.